The smallest absolute Gasteiger partial charge is 0.333 e. The highest BCUT2D eigenvalue weighted by Crippen LogP contribution is 2.60. The molecule has 6 fully saturated rings. The molecule has 0 aliphatic heterocycles. The van der Waals surface area contributed by atoms with Crippen molar-refractivity contribution in [3.05, 3.63) is 12.2 Å². The zero-order valence-electron chi connectivity index (χ0n) is 17.6. The molecule has 0 N–H and O–H groups in total. The fourth-order valence-corrected chi connectivity index (χ4v) is 8.01. The third-order valence-corrected chi connectivity index (χ3v) is 8.77. The van der Waals surface area contributed by atoms with Crippen LogP contribution in [0.3, 0.4) is 0 Å². The molecule has 0 amide bonds. The first-order valence-electron chi connectivity index (χ1n) is 11.4. The van der Waals surface area contributed by atoms with Gasteiger partial charge in [0.1, 0.15) is 12.4 Å². The zero-order chi connectivity index (χ0) is 19.6. The first kappa shape index (κ1) is 19.1. The SMILES string of the molecule is C=C(C)C(=O)OC12CC3CC(CC(OCOCC4(C)CC5CCC4C5)(C3)C1)C2. The van der Waals surface area contributed by atoms with Crippen LogP contribution in [-0.4, -0.2) is 30.6 Å². The number of rotatable bonds is 7. The number of carbonyl (C=O) groups is 1. The maximum atomic E-state index is 12.3. The normalized spacial score (nSPS) is 48.2. The summed E-state index contributed by atoms with van der Waals surface area (Å²) in [6.45, 7) is 9.12. The van der Waals surface area contributed by atoms with Crippen LogP contribution >= 0.6 is 0 Å². The van der Waals surface area contributed by atoms with E-state index in [4.69, 9.17) is 14.2 Å². The van der Waals surface area contributed by atoms with Crippen LogP contribution in [0, 0.1) is 29.1 Å². The zero-order valence-corrected chi connectivity index (χ0v) is 17.6. The Balaban J connectivity index is 1.19. The topological polar surface area (TPSA) is 44.8 Å². The van der Waals surface area contributed by atoms with Gasteiger partial charge < -0.3 is 14.2 Å². The number of fused-ring (bicyclic) bond motifs is 2. The number of esters is 1. The van der Waals surface area contributed by atoms with E-state index in [1.54, 1.807) is 6.92 Å². The molecular formula is C24H36O4. The summed E-state index contributed by atoms with van der Waals surface area (Å²) >= 11 is 0. The molecule has 5 atom stereocenters. The summed E-state index contributed by atoms with van der Waals surface area (Å²) < 4.78 is 18.6. The number of carbonyl (C=O) groups excluding carboxylic acids is 1. The first-order valence-corrected chi connectivity index (χ1v) is 11.4. The van der Waals surface area contributed by atoms with Gasteiger partial charge in [0, 0.05) is 12.0 Å². The highest BCUT2D eigenvalue weighted by Gasteiger charge is 2.60. The van der Waals surface area contributed by atoms with E-state index < -0.39 is 0 Å². The highest BCUT2D eigenvalue weighted by atomic mass is 16.7. The number of ether oxygens (including phenoxy) is 3. The first-order chi connectivity index (χ1) is 13.3. The lowest BCUT2D eigenvalue weighted by Gasteiger charge is -2.60. The summed E-state index contributed by atoms with van der Waals surface area (Å²) in [7, 11) is 0. The average Bonchev–Trinajstić information content (AvgIpc) is 3.18. The summed E-state index contributed by atoms with van der Waals surface area (Å²) in [5.41, 5.74) is 0.353. The predicted octanol–water partition coefficient (Wildman–Crippen LogP) is 5.01. The molecule has 0 saturated heterocycles. The standard InChI is InChI=1S/C24H36O4/c1-16(2)21(25)28-24-11-18-6-19(12-24)10-23(9-18,13-24)27-15-26-14-22(3)8-17-4-5-20(22)7-17/h17-20H,1,4-15H2,2-3H3. The van der Waals surface area contributed by atoms with Gasteiger partial charge in [-0.2, -0.15) is 0 Å². The minimum Gasteiger partial charge on any atom is -0.456 e. The van der Waals surface area contributed by atoms with Crippen molar-refractivity contribution >= 4 is 5.97 Å². The van der Waals surface area contributed by atoms with Crippen LogP contribution in [0.2, 0.25) is 0 Å². The molecule has 6 bridgehead atoms. The van der Waals surface area contributed by atoms with Crippen LogP contribution in [-0.2, 0) is 19.0 Å². The van der Waals surface area contributed by atoms with Crippen molar-refractivity contribution in [1.82, 2.24) is 0 Å². The van der Waals surface area contributed by atoms with E-state index in [0.717, 1.165) is 50.5 Å². The maximum Gasteiger partial charge on any atom is 0.333 e. The lowest BCUT2D eigenvalue weighted by atomic mass is 9.52. The third-order valence-electron chi connectivity index (χ3n) is 8.77. The molecular weight excluding hydrogens is 352 g/mol. The van der Waals surface area contributed by atoms with E-state index in [0.29, 0.717) is 29.6 Å². The molecule has 0 radical (unpaired) electrons. The van der Waals surface area contributed by atoms with Crippen LogP contribution in [0.1, 0.15) is 78.1 Å². The maximum absolute atomic E-state index is 12.3. The molecule has 0 heterocycles. The number of hydrogen-bond donors (Lipinski definition) is 0. The Labute approximate surface area is 169 Å². The van der Waals surface area contributed by atoms with Gasteiger partial charge in [-0.25, -0.2) is 4.79 Å². The van der Waals surface area contributed by atoms with Gasteiger partial charge >= 0.3 is 5.97 Å². The van der Waals surface area contributed by atoms with E-state index >= 15 is 0 Å². The second kappa shape index (κ2) is 6.57. The molecule has 6 rings (SSSR count). The monoisotopic (exact) mass is 388 g/mol. The molecule has 0 aromatic heterocycles. The van der Waals surface area contributed by atoms with Crippen LogP contribution in [0.15, 0.2) is 12.2 Å². The van der Waals surface area contributed by atoms with E-state index in [1.165, 1.54) is 32.1 Å². The van der Waals surface area contributed by atoms with Crippen molar-refractivity contribution in [2.75, 3.05) is 13.4 Å². The van der Waals surface area contributed by atoms with E-state index in [9.17, 15) is 4.79 Å². The number of hydrogen-bond acceptors (Lipinski definition) is 4. The molecule has 6 aliphatic carbocycles. The quantitative estimate of drug-likeness (QED) is 0.266. The second-order valence-corrected chi connectivity index (χ2v) is 11.3. The minimum absolute atomic E-state index is 0.158. The van der Waals surface area contributed by atoms with Crippen molar-refractivity contribution in [3.63, 3.8) is 0 Å². The Hall–Kier alpha value is -0.870. The Bertz CT molecular complexity index is 656. The third kappa shape index (κ3) is 3.25. The largest absolute Gasteiger partial charge is 0.456 e. The Morgan fingerprint density at radius 1 is 1.00 bits per heavy atom. The van der Waals surface area contributed by atoms with Gasteiger partial charge in [-0.05, 0) is 87.4 Å². The lowest BCUT2D eigenvalue weighted by molar-refractivity contribution is -0.256. The van der Waals surface area contributed by atoms with Crippen LogP contribution in [0.25, 0.3) is 0 Å². The van der Waals surface area contributed by atoms with Gasteiger partial charge in [0.15, 0.2) is 0 Å². The molecule has 0 spiro atoms. The fourth-order valence-electron chi connectivity index (χ4n) is 8.01. The molecule has 6 aliphatic rings. The Kier molecular flexibility index (Phi) is 4.48. The molecule has 4 heteroatoms. The predicted molar refractivity (Wildman–Crippen MR) is 107 cm³/mol. The lowest BCUT2D eigenvalue weighted by Crippen LogP contribution is -2.61. The van der Waals surface area contributed by atoms with E-state index in [-0.39, 0.29) is 17.2 Å². The van der Waals surface area contributed by atoms with Gasteiger partial charge in [-0.15, -0.1) is 0 Å². The summed E-state index contributed by atoms with van der Waals surface area (Å²) in [5, 5.41) is 0. The Morgan fingerprint density at radius 3 is 2.32 bits per heavy atom. The van der Waals surface area contributed by atoms with E-state index in [2.05, 4.69) is 13.5 Å². The summed E-state index contributed by atoms with van der Waals surface area (Å²) in [6.07, 6.45) is 11.8. The highest BCUT2D eigenvalue weighted by molar-refractivity contribution is 5.87. The molecule has 28 heavy (non-hydrogen) atoms. The average molecular weight is 389 g/mol. The van der Waals surface area contributed by atoms with Crippen LogP contribution < -0.4 is 0 Å². The summed E-state index contributed by atoms with van der Waals surface area (Å²) in [5.74, 6) is 2.77. The van der Waals surface area contributed by atoms with Gasteiger partial charge in [-0.3, -0.25) is 0 Å². The summed E-state index contributed by atoms with van der Waals surface area (Å²) in [4.78, 5) is 12.3. The van der Waals surface area contributed by atoms with Gasteiger partial charge in [0.25, 0.3) is 0 Å². The molecule has 4 nitrogen and oxygen atoms in total. The van der Waals surface area contributed by atoms with Crippen molar-refractivity contribution < 1.29 is 19.0 Å². The fraction of sp³-hybridized carbons (Fsp3) is 0.875. The van der Waals surface area contributed by atoms with Crippen LogP contribution in [0.5, 0.6) is 0 Å². The van der Waals surface area contributed by atoms with E-state index in [1.807, 2.05) is 0 Å². The summed E-state index contributed by atoms with van der Waals surface area (Å²) in [6, 6.07) is 0. The molecule has 6 saturated carbocycles. The van der Waals surface area contributed by atoms with Crippen molar-refractivity contribution in [3.8, 4) is 0 Å². The van der Waals surface area contributed by atoms with Gasteiger partial charge in [0.05, 0.1) is 12.2 Å². The molecule has 0 aromatic rings. The van der Waals surface area contributed by atoms with Crippen molar-refractivity contribution in [2.45, 2.75) is 89.3 Å². The molecule has 0 aromatic carbocycles. The molecule has 5 unspecified atom stereocenters. The minimum atomic E-state index is -0.337. The van der Waals surface area contributed by atoms with Crippen LogP contribution in [0.4, 0.5) is 0 Å². The van der Waals surface area contributed by atoms with Crippen molar-refractivity contribution in [1.29, 1.82) is 0 Å². The van der Waals surface area contributed by atoms with Gasteiger partial charge in [-0.1, -0.05) is 19.9 Å². The molecule has 156 valence electrons. The van der Waals surface area contributed by atoms with Crippen molar-refractivity contribution in [2.24, 2.45) is 29.1 Å². The second-order valence-electron chi connectivity index (χ2n) is 11.3. The Morgan fingerprint density at radius 2 is 1.71 bits per heavy atom. The van der Waals surface area contributed by atoms with Gasteiger partial charge in [0.2, 0.25) is 0 Å².